The van der Waals surface area contributed by atoms with E-state index in [1.165, 1.54) is 12.2 Å². The molecule has 126 valence electrons. The number of allylic oxidation sites excluding steroid dienone is 2. The van der Waals surface area contributed by atoms with Crippen LogP contribution in [0.2, 0.25) is 0 Å². The zero-order valence-electron chi connectivity index (χ0n) is 12.5. The lowest BCUT2D eigenvalue weighted by Gasteiger charge is -2.22. The van der Waals surface area contributed by atoms with Crippen LogP contribution >= 0.6 is 0 Å². The van der Waals surface area contributed by atoms with E-state index in [0.29, 0.717) is 6.54 Å². The molecule has 0 spiro atoms. The van der Waals surface area contributed by atoms with Gasteiger partial charge in [-0.1, -0.05) is 18.2 Å². The largest absolute Gasteiger partial charge is 0.398 e. The first-order valence-corrected chi connectivity index (χ1v) is 8.82. The summed E-state index contributed by atoms with van der Waals surface area (Å²) in [4.78, 5) is 22.4. The van der Waals surface area contributed by atoms with Gasteiger partial charge in [0.05, 0.1) is 5.92 Å². The molecule has 8 heteroatoms. The molecule has 0 aromatic heterocycles. The second-order valence-electron chi connectivity index (χ2n) is 5.78. The highest BCUT2D eigenvalue weighted by Gasteiger charge is 2.27. The fraction of sp³-hybridized carbons (Fsp3) is 0.467. The summed E-state index contributed by atoms with van der Waals surface area (Å²) in [6, 6.07) is 0. The molecule has 1 amide bonds. The average Bonchev–Trinajstić information content (AvgIpc) is 2.52. The van der Waals surface area contributed by atoms with Gasteiger partial charge in [0.15, 0.2) is 0 Å². The van der Waals surface area contributed by atoms with Crippen LogP contribution in [0, 0.1) is 17.8 Å². The van der Waals surface area contributed by atoms with E-state index in [9.17, 15) is 18.0 Å². The molecule has 0 heterocycles. The molecule has 7 nitrogen and oxygen atoms in total. The first-order chi connectivity index (χ1) is 10.8. The molecule has 23 heavy (non-hydrogen) atoms. The summed E-state index contributed by atoms with van der Waals surface area (Å²) in [6.45, 7) is 0.422. The Balaban J connectivity index is 1.94. The minimum absolute atomic E-state index is 0.0475. The molecule has 4 N–H and O–H groups in total. The van der Waals surface area contributed by atoms with Gasteiger partial charge in [-0.25, -0.2) is 0 Å². The van der Waals surface area contributed by atoms with E-state index in [4.69, 9.17) is 10.3 Å². The maximum atomic E-state index is 12.2. The van der Waals surface area contributed by atoms with Gasteiger partial charge in [-0.2, -0.15) is 8.42 Å². The van der Waals surface area contributed by atoms with Crippen molar-refractivity contribution in [1.29, 1.82) is 0 Å². The van der Waals surface area contributed by atoms with Crippen LogP contribution in [-0.2, 0) is 19.7 Å². The minimum Gasteiger partial charge on any atom is -0.398 e. The van der Waals surface area contributed by atoms with Crippen molar-refractivity contribution in [3.63, 3.8) is 0 Å². The van der Waals surface area contributed by atoms with Gasteiger partial charge in [0.2, 0.25) is 5.91 Å². The smallest absolute Gasteiger partial charge is 0.296 e. The summed E-state index contributed by atoms with van der Waals surface area (Å²) in [7, 11) is -4.44. The highest BCUT2D eigenvalue weighted by atomic mass is 32.2. The monoisotopic (exact) mass is 340 g/mol. The van der Waals surface area contributed by atoms with Crippen molar-refractivity contribution in [1.82, 2.24) is 5.32 Å². The highest BCUT2D eigenvalue weighted by Crippen LogP contribution is 2.24. The normalized spacial score (nSPS) is 27.8. The molecule has 0 aromatic carbocycles. The molecule has 0 aliphatic heterocycles. The van der Waals surface area contributed by atoms with Gasteiger partial charge in [-0.3, -0.25) is 9.35 Å². The maximum absolute atomic E-state index is 12.2. The predicted octanol–water partition coefficient (Wildman–Crippen LogP) is 0.518. The third-order valence-electron chi connectivity index (χ3n) is 4.06. The van der Waals surface area contributed by atoms with Crippen molar-refractivity contribution >= 4 is 22.3 Å². The molecule has 2 aliphatic carbocycles. The Morgan fingerprint density at radius 3 is 2.70 bits per heavy atom. The Kier molecular flexibility index (Phi) is 5.38. The van der Waals surface area contributed by atoms with Gasteiger partial charge in [-0.15, -0.1) is 0 Å². The molecule has 3 atom stereocenters. The van der Waals surface area contributed by atoms with Crippen molar-refractivity contribution < 1.29 is 22.6 Å². The lowest BCUT2D eigenvalue weighted by Crippen LogP contribution is -2.35. The predicted molar refractivity (Wildman–Crippen MR) is 84.4 cm³/mol. The third kappa shape index (κ3) is 4.52. The lowest BCUT2D eigenvalue weighted by molar-refractivity contribution is -0.123. The zero-order chi connectivity index (χ0) is 17.0. The van der Waals surface area contributed by atoms with Crippen molar-refractivity contribution in [3.05, 3.63) is 34.9 Å². The number of carbonyl (C=O) groups excluding carboxylic acids is 2. The van der Waals surface area contributed by atoms with E-state index in [1.807, 2.05) is 12.2 Å². The molecule has 0 bridgehead atoms. The Morgan fingerprint density at radius 2 is 2.13 bits per heavy atom. The number of carbonyl (C=O) groups is 2. The number of amides is 1. The van der Waals surface area contributed by atoms with E-state index in [2.05, 4.69) is 5.32 Å². The molecule has 0 saturated heterocycles. The molecular formula is C15H20N2O5S. The second kappa shape index (κ2) is 7.10. The van der Waals surface area contributed by atoms with Gasteiger partial charge < -0.3 is 15.8 Å². The average molecular weight is 340 g/mol. The number of nitrogens with one attached hydrogen (secondary N) is 1. The molecule has 2 rings (SSSR count). The van der Waals surface area contributed by atoms with Crippen molar-refractivity contribution in [2.45, 2.75) is 19.3 Å². The Bertz CT molecular complexity index is 678. The summed E-state index contributed by atoms with van der Waals surface area (Å²) >= 11 is 0. The van der Waals surface area contributed by atoms with Crippen LogP contribution in [0.1, 0.15) is 19.3 Å². The fourth-order valence-corrected chi connectivity index (χ4v) is 3.38. The Morgan fingerprint density at radius 1 is 1.39 bits per heavy atom. The topological polar surface area (TPSA) is 127 Å². The van der Waals surface area contributed by atoms with E-state index >= 15 is 0 Å². The van der Waals surface area contributed by atoms with Gasteiger partial charge >= 0.3 is 0 Å². The van der Waals surface area contributed by atoms with Gasteiger partial charge in [0.25, 0.3) is 10.1 Å². The standard InChI is InChI=1S/C15H20N2O5S/c16-13-6-5-12(7-14(13)23(20,21)22)15(19)17-8-10-1-3-11(9-18)4-2-10/h1,3,6-7,9-12H,2,4-5,8,16H2,(H,17,19)(H,20,21,22). The summed E-state index contributed by atoms with van der Waals surface area (Å²) < 4.78 is 31.6. The van der Waals surface area contributed by atoms with Crippen LogP contribution < -0.4 is 11.1 Å². The number of nitrogens with two attached hydrogens (primary N) is 1. The van der Waals surface area contributed by atoms with Crippen molar-refractivity contribution in [3.8, 4) is 0 Å². The first-order valence-electron chi connectivity index (χ1n) is 7.38. The van der Waals surface area contributed by atoms with Crippen LogP contribution in [0.25, 0.3) is 0 Å². The van der Waals surface area contributed by atoms with Crippen LogP contribution in [0.15, 0.2) is 34.9 Å². The number of aldehydes is 1. The van der Waals surface area contributed by atoms with E-state index in [1.54, 1.807) is 0 Å². The minimum atomic E-state index is -4.44. The first kappa shape index (κ1) is 17.4. The molecule has 0 fully saturated rings. The number of hydrogen-bond acceptors (Lipinski definition) is 5. The summed E-state index contributed by atoms with van der Waals surface area (Å²) in [5.41, 5.74) is 5.48. The summed E-state index contributed by atoms with van der Waals surface area (Å²) in [6.07, 6.45) is 9.12. The Labute approximate surface area is 135 Å². The number of rotatable bonds is 5. The number of hydrogen-bond donors (Lipinski definition) is 3. The van der Waals surface area contributed by atoms with Crippen LogP contribution in [0.3, 0.4) is 0 Å². The summed E-state index contributed by atoms with van der Waals surface area (Å²) in [5.74, 6) is -0.895. The molecular weight excluding hydrogens is 320 g/mol. The lowest BCUT2D eigenvalue weighted by atomic mass is 9.89. The van der Waals surface area contributed by atoms with Crippen LogP contribution in [0.5, 0.6) is 0 Å². The van der Waals surface area contributed by atoms with Gasteiger partial charge in [0, 0.05) is 18.2 Å². The fourth-order valence-electron chi connectivity index (χ4n) is 2.66. The molecule has 0 saturated carbocycles. The third-order valence-corrected chi connectivity index (χ3v) is 4.99. The molecule has 0 radical (unpaired) electrons. The van der Waals surface area contributed by atoms with E-state index in [-0.39, 0.29) is 29.9 Å². The van der Waals surface area contributed by atoms with Crippen molar-refractivity contribution in [2.24, 2.45) is 23.5 Å². The summed E-state index contributed by atoms with van der Waals surface area (Å²) in [5, 5.41) is 2.77. The Hall–Kier alpha value is -1.93. The molecule has 2 aliphatic rings. The van der Waals surface area contributed by atoms with Crippen molar-refractivity contribution in [2.75, 3.05) is 6.54 Å². The van der Waals surface area contributed by atoms with E-state index in [0.717, 1.165) is 19.1 Å². The van der Waals surface area contributed by atoms with Crippen LogP contribution in [0.4, 0.5) is 0 Å². The SMILES string of the molecule is NC1=CCC(C(=O)NCC2C=CC(C=O)CC2)C=C1S(=O)(=O)O. The maximum Gasteiger partial charge on any atom is 0.296 e. The highest BCUT2D eigenvalue weighted by molar-refractivity contribution is 7.90. The van der Waals surface area contributed by atoms with Gasteiger partial charge in [-0.05, 0) is 31.3 Å². The second-order valence-corrected chi connectivity index (χ2v) is 7.17. The zero-order valence-corrected chi connectivity index (χ0v) is 13.3. The quantitative estimate of drug-likeness (QED) is 0.380. The van der Waals surface area contributed by atoms with Gasteiger partial charge in [0.1, 0.15) is 11.2 Å². The molecule has 3 unspecified atom stereocenters. The molecule has 0 aromatic rings. The van der Waals surface area contributed by atoms with Crippen LogP contribution in [-0.4, -0.2) is 31.7 Å². The van der Waals surface area contributed by atoms with E-state index < -0.39 is 20.9 Å².